The van der Waals surface area contributed by atoms with Crippen molar-refractivity contribution in [2.24, 2.45) is 0 Å². The van der Waals surface area contributed by atoms with Gasteiger partial charge in [-0.05, 0) is 13.8 Å². The van der Waals surface area contributed by atoms with Crippen LogP contribution >= 0.6 is 0 Å². The van der Waals surface area contributed by atoms with Crippen LogP contribution in [0.25, 0.3) is 0 Å². The van der Waals surface area contributed by atoms with Gasteiger partial charge in [-0.2, -0.15) is 0 Å². The molecule has 0 atom stereocenters. The quantitative estimate of drug-likeness (QED) is 0.500. The molecule has 1 saturated heterocycles. The molecule has 2 heteroatoms. The standard InChI is InChI=1S/C5H10O2.C2H6/c1-5(2)3-6-4-7-5;1-2/h3-4H2,1-2H3;1-2H3. The fraction of sp³-hybridized carbons (Fsp3) is 1.00. The average molecular weight is 132 g/mol. The molecule has 0 aromatic rings. The molecule has 1 fully saturated rings. The van der Waals surface area contributed by atoms with Gasteiger partial charge in [0.15, 0.2) is 0 Å². The van der Waals surface area contributed by atoms with Crippen molar-refractivity contribution in [3.05, 3.63) is 0 Å². The third-order valence-electron chi connectivity index (χ3n) is 0.983. The third-order valence-corrected chi connectivity index (χ3v) is 0.983. The maximum Gasteiger partial charge on any atom is 0.147 e. The highest BCUT2D eigenvalue weighted by Crippen LogP contribution is 2.14. The first kappa shape index (κ1) is 8.92. The lowest BCUT2D eigenvalue weighted by molar-refractivity contribution is 0.0121. The molecular formula is C7H16O2. The van der Waals surface area contributed by atoms with Crippen molar-refractivity contribution in [2.45, 2.75) is 33.3 Å². The van der Waals surface area contributed by atoms with Crippen LogP contribution in [0.4, 0.5) is 0 Å². The largest absolute Gasteiger partial charge is 0.352 e. The van der Waals surface area contributed by atoms with Crippen LogP contribution in [0, 0.1) is 0 Å². The second kappa shape index (κ2) is 3.85. The Hall–Kier alpha value is -0.0800. The topological polar surface area (TPSA) is 18.5 Å². The zero-order chi connectivity index (χ0) is 7.33. The summed E-state index contributed by atoms with van der Waals surface area (Å²) < 4.78 is 10.1. The second-order valence-corrected chi connectivity index (χ2v) is 2.37. The molecule has 0 bridgehead atoms. The summed E-state index contributed by atoms with van der Waals surface area (Å²) in [5, 5.41) is 0. The summed E-state index contributed by atoms with van der Waals surface area (Å²) >= 11 is 0. The van der Waals surface area contributed by atoms with E-state index in [9.17, 15) is 0 Å². The summed E-state index contributed by atoms with van der Waals surface area (Å²) in [4.78, 5) is 0. The molecule has 2 nitrogen and oxygen atoms in total. The highest BCUT2D eigenvalue weighted by Gasteiger charge is 2.23. The van der Waals surface area contributed by atoms with Gasteiger partial charge < -0.3 is 9.47 Å². The Balaban J connectivity index is 0.000000291. The zero-order valence-corrected chi connectivity index (χ0v) is 6.73. The Bertz CT molecular complexity index is 61.3. The summed E-state index contributed by atoms with van der Waals surface area (Å²) in [6.07, 6.45) is 0. The predicted molar refractivity (Wildman–Crippen MR) is 37.3 cm³/mol. The molecule has 9 heavy (non-hydrogen) atoms. The lowest BCUT2D eigenvalue weighted by atomic mass is 10.2. The van der Waals surface area contributed by atoms with Crippen molar-refractivity contribution in [3.63, 3.8) is 0 Å². The third kappa shape index (κ3) is 3.49. The first-order chi connectivity index (χ1) is 4.21. The molecule has 0 unspecified atom stereocenters. The Morgan fingerprint density at radius 1 is 1.22 bits per heavy atom. The molecule has 0 spiro atoms. The SMILES string of the molecule is CC.CC1(C)COCO1. The van der Waals surface area contributed by atoms with Gasteiger partial charge in [-0.3, -0.25) is 0 Å². The van der Waals surface area contributed by atoms with Crippen LogP contribution in [-0.2, 0) is 9.47 Å². The van der Waals surface area contributed by atoms with Crippen LogP contribution in [0.1, 0.15) is 27.7 Å². The molecule has 1 aliphatic heterocycles. The van der Waals surface area contributed by atoms with Crippen LogP contribution in [0.3, 0.4) is 0 Å². The molecule has 0 aromatic carbocycles. The van der Waals surface area contributed by atoms with Gasteiger partial charge in [-0.25, -0.2) is 0 Å². The summed E-state index contributed by atoms with van der Waals surface area (Å²) in [6.45, 7) is 9.22. The van der Waals surface area contributed by atoms with Gasteiger partial charge >= 0.3 is 0 Å². The molecule has 0 aromatic heterocycles. The minimum absolute atomic E-state index is 0.0278. The van der Waals surface area contributed by atoms with Crippen molar-refractivity contribution in [1.29, 1.82) is 0 Å². The minimum Gasteiger partial charge on any atom is -0.352 e. The van der Waals surface area contributed by atoms with Crippen molar-refractivity contribution in [1.82, 2.24) is 0 Å². The molecule has 1 aliphatic rings. The molecule has 1 rings (SSSR count). The van der Waals surface area contributed by atoms with Gasteiger partial charge in [-0.1, -0.05) is 13.8 Å². The van der Waals surface area contributed by atoms with Crippen molar-refractivity contribution in [2.75, 3.05) is 13.4 Å². The van der Waals surface area contributed by atoms with E-state index in [0.29, 0.717) is 6.79 Å². The van der Waals surface area contributed by atoms with E-state index >= 15 is 0 Å². The van der Waals surface area contributed by atoms with E-state index in [-0.39, 0.29) is 5.60 Å². The summed E-state index contributed by atoms with van der Waals surface area (Å²) in [5.74, 6) is 0. The van der Waals surface area contributed by atoms with Crippen LogP contribution in [0.2, 0.25) is 0 Å². The Kier molecular flexibility index (Phi) is 3.82. The lowest BCUT2D eigenvalue weighted by Gasteiger charge is -2.11. The second-order valence-electron chi connectivity index (χ2n) is 2.37. The minimum atomic E-state index is -0.0278. The highest BCUT2D eigenvalue weighted by atomic mass is 16.7. The van der Waals surface area contributed by atoms with E-state index in [1.165, 1.54) is 0 Å². The molecule has 0 saturated carbocycles. The van der Waals surface area contributed by atoms with E-state index in [1.807, 2.05) is 27.7 Å². The monoisotopic (exact) mass is 132 g/mol. The summed E-state index contributed by atoms with van der Waals surface area (Å²) in [5.41, 5.74) is -0.0278. The molecular weight excluding hydrogens is 116 g/mol. The summed E-state index contributed by atoms with van der Waals surface area (Å²) in [6, 6.07) is 0. The van der Waals surface area contributed by atoms with E-state index in [1.54, 1.807) is 0 Å². The smallest absolute Gasteiger partial charge is 0.147 e. The Morgan fingerprint density at radius 3 is 1.89 bits per heavy atom. The fourth-order valence-electron chi connectivity index (χ4n) is 0.530. The van der Waals surface area contributed by atoms with Crippen LogP contribution in [-0.4, -0.2) is 19.0 Å². The number of hydrogen-bond acceptors (Lipinski definition) is 2. The van der Waals surface area contributed by atoms with Crippen LogP contribution in [0.5, 0.6) is 0 Å². The Labute approximate surface area is 57.2 Å². The van der Waals surface area contributed by atoms with Gasteiger partial charge in [0.25, 0.3) is 0 Å². The summed E-state index contributed by atoms with van der Waals surface area (Å²) in [7, 11) is 0. The number of ether oxygens (including phenoxy) is 2. The first-order valence-electron chi connectivity index (χ1n) is 3.42. The average Bonchev–Trinajstić information content (AvgIpc) is 2.19. The van der Waals surface area contributed by atoms with E-state index < -0.39 is 0 Å². The van der Waals surface area contributed by atoms with Gasteiger partial charge in [-0.15, -0.1) is 0 Å². The van der Waals surface area contributed by atoms with Crippen molar-refractivity contribution in [3.8, 4) is 0 Å². The van der Waals surface area contributed by atoms with Gasteiger partial charge in [0.05, 0.1) is 12.2 Å². The molecule has 0 amide bonds. The molecule has 0 radical (unpaired) electrons. The van der Waals surface area contributed by atoms with E-state index in [2.05, 4.69) is 0 Å². The molecule has 1 heterocycles. The lowest BCUT2D eigenvalue weighted by Crippen LogP contribution is -2.20. The fourth-order valence-corrected chi connectivity index (χ4v) is 0.530. The highest BCUT2D eigenvalue weighted by molar-refractivity contribution is 4.69. The van der Waals surface area contributed by atoms with Crippen molar-refractivity contribution < 1.29 is 9.47 Å². The van der Waals surface area contributed by atoms with Gasteiger partial charge in [0.1, 0.15) is 6.79 Å². The van der Waals surface area contributed by atoms with E-state index in [0.717, 1.165) is 6.61 Å². The number of rotatable bonds is 0. The first-order valence-corrected chi connectivity index (χ1v) is 3.42. The van der Waals surface area contributed by atoms with Gasteiger partial charge in [0.2, 0.25) is 0 Å². The Morgan fingerprint density at radius 2 is 1.78 bits per heavy atom. The van der Waals surface area contributed by atoms with Crippen molar-refractivity contribution >= 4 is 0 Å². The van der Waals surface area contributed by atoms with E-state index in [4.69, 9.17) is 9.47 Å². The van der Waals surface area contributed by atoms with Crippen LogP contribution < -0.4 is 0 Å². The predicted octanol–water partition coefficient (Wildman–Crippen LogP) is 1.80. The maximum atomic E-state index is 5.12. The molecule has 0 N–H and O–H groups in total. The molecule has 56 valence electrons. The molecule has 0 aliphatic carbocycles. The van der Waals surface area contributed by atoms with Crippen LogP contribution in [0.15, 0.2) is 0 Å². The maximum absolute atomic E-state index is 5.12. The zero-order valence-electron chi connectivity index (χ0n) is 6.73. The normalized spacial score (nSPS) is 22.7. The number of hydrogen-bond donors (Lipinski definition) is 0. The van der Waals surface area contributed by atoms with Gasteiger partial charge in [0, 0.05) is 0 Å².